The summed E-state index contributed by atoms with van der Waals surface area (Å²) in [5.74, 6) is 1.46. The van der Waals surface area contributed by atoms with Gasteiger partial charge in [0.15, 0.2) is 11.6 Å². The standard InChI is InChI=1S/C24H25N5O/c1-14-7-8-15(2)17(10-14)21-20-18(11-24(3,4)12-19(20)30)26-23-27-22(28-29(21)23)16-6-5-9-25-13-16/h5-10,13,21H,11-12H2,1-4H3,(H,26,27,28)/t21-/m0/s1. The van der Waals surface area contributed by atoms with Gasteiger partial charge >= 0.3 is 0 Å². The maximum Gasteiger partial charge on any atom is 0.226 e. The molecule has 1 aliphatic heterocycles. The van der Waals surface area contributed by atoms with E-state index in [1.807, 2.05) is 16.8 Å². The highest BCUT2D eigenvalue weighted by Gasteiger charge is 2.42. The zero-order chi connectivity index (χ0) is 21.0. The highest BCUT2D eigenvalue weighted by atomic mass is 16.1. The number of anilines is 1. The van der Waals surface area contributed by atoms with E-state index in [-0.39, 0.29) is 17.2 Å². The number of hydrogen-bond donors (Lipinski definition) is 1. The van der Waals surface area contributed by atoms with Gasteiger partial charge in [0.1, 0.15) is 6.04 Å². The molecule has 3 aromatic rings. The summed E-state index contributed by atoms with van der Waals surface area (Å²) in [6.07, 6.45) is 4.84. The zero-order valence-electron chi connectivity index (χ0n) is 17.7. The summed E-state index contributed by atoms with van der Waals surface area (Å²) in [5.41, 5.74) is 5.96. The van der Waals surface area contributed by atoms with Gasteiger partial charge in [-0.1, -0.05) is 37.6 Å². The van der Waals surface area contributed by atoms with Crippen molar-refractivity contribution in [3.05, 3.63) is 70.7 Å². The van der Waals surface area contributed by atoms with Crippen LogP contribution in [-0.2, 0) is 4.79 Å². The van der Waals surface area contributed by atoms with Crippen molar-refractivity contribution in [1.29, 1.82) is 0 Å². The summed E-state index contributed by atoms with van der Waals surface area (Å²) < 4.78 is 1.87. The number of aromatic nitrogens is 4. The van der Waals surface area contributed by atoms with Crippen molar-refractivity contribution < 1.29 is 4.79 Å². The van der Waals surface area contributed by atoms with E-state index in [9.17, 15) is 4.79 Å². The minimum Gasteiger partial charge on any atom is -0.328 e. The van der Waals surface area contributed by atoms with Crippen molar-refractivity contribution in [3.8, 4) is 11.4 Å². The Hall–Kier alpha value is -3.28. The highest BCUT2D eigenvalue weighted by molar-refractivity contribution is 6.00. The molecular weight excluding hydrogens is 374 g/mol. The Morgan fingerprint density at radius 3 is 2.77 bits per heavy atom. The maximum atomic E-state index is 13.3. The molecule has 1 aromatic carbocycles. The number of pyridine rings is 1. The summed E-state index contributed by atoms with van der Waals surface area (Å²) in [6.45, 7) is 8.45. The van der Waals surface area contributed by atoms with E-state index in [1.165, 1.54) is 0 Å². The van der Waals surface area contributed by atoms with Crippen LogP contribution in [0.3, 0.4) is 0 Å². The molecule has 152 valence electrons. The van der Waals surface area contributed by atoms with Crippen molar-refractivity contribution in [2.75, 3.05) is 5.32 Å². The first kappa shape index (κ1) is 18.7. The largest absolute Gasteiger partial charge is 0.328 e. The van der Waals surface area contributed by atoms with Crippen LogP contribution in [0.5, 0.6) is 0 Å². The molecule has 0 saturated heterocycles. The highest BCUT2D eigenvalue weighted by Crippen LogP contribution is 2.46. The molecule has 0 fully saturated rings. The Morgan fingerprint density at radius 1 is 1.17 bits per heavy atom. The van der Waals surface area contributed by atoms with Crippen LogP contribution in [0.2, 0.25) is 0 Å². The van der Waals surface area contributed by atoms with E-state index in [0.717, 1.165) is 39.9 Å². The molecule has 3 heterocycles. The van der Waals surface area contributed by atoms with Crippen molar-refractivity contribution in [2.45, 2.75) is 46.6 Å². The third-order valence-electron chi connectivity index (χ3n) is 5.98. The lowest BCUT2D eigenvalue weighted by Crippen LogP contribution is -2.36. The van der Waals surface area contributed by atoms with Crippen molar-refractivity contribution in [3.63, 3.8) is 0 Å². The van der Waals surface area contributed by atoms with E-state index < -0.39 is 0 Å². The van der Waals surface area contributed by atoms with E-state index in [2.05, 4.69) is 56.2 Å². The minimum atomic E-state index is -0.280. The predicted octanol–water partition coefficient (Wildman–Crippen LogP) is 4.62. The molecule has 1 atom stereocenters. The van der Waals surface area contributed by atoms with Crippen LogP contribution in [0.25, 0.3) is 11.4 Å². The van der Waals surface area contributed by atoms with Gasteiger partial charge in [0, 0.05) is 35.6 Å². The number of Topliss-reactive ketones (excluding diaryl/α,β-unsaturated/α-hetero) is 1. The van der Waals surface area contributed by atoms with Crippen LogP contribution in [0.15, 0.2) is 54.0 Å². The fraction of sp³-hybridized carbons (Fsp3) is 0.333. The van der Waals surface area contributed by atoms with E-state index in [1.54, 1.807) is 12.4 Å². The van der Waals surface area contributed by atoms with Gasteiger partial charge in [0.25, 0.3) is 0 Å². The summed E-state index contributed by atoms with van der Waals surface area (Å²) >= 11 is 0. The average Bonchev–Trinajstić information content (AvgIpc) is 3.12. The zero-order valence-corrected chi connectivity index (χ0v) is 17.7. The molecule has 2 aromatic heterocycles. The quantitative estimate of drug-likeness (QED) is 0.681. The number of nitrogens with zero attached hydrogens (tertiary/aromatic N) is 4. The smallest absolute Gasteiger partial charge is 0.226 e. The number of carbonyl (C=O) groups excluding carboxylic acids is 1. The van der Waals surface area contributed by atoms with Gasteiger partial charge in [-0.3, -0.25) is 9.78 Å². The van der Waals surface area contributed by atoms with Gasteiger partial charge in [-0.25, -0.2) is 4.68 Å². The van der Waals surface area contributed by atoms with E-state index in [0.29, 0.717) is 18.2 Å². The fourth-order valence-corrected chi connectivity index (χ4v) is 4.57. The molecule has 0 radical (unpaired) electrons. The van der Waals surface area contributed by atoms with Crippen molar-refractivity contribution >= 4 is 11.7 Å². The Bertz CT molecular complexity index is 1190. The average molecular weight is 399 g/mol. The van der Waals surface area contributed by atoms with Crippen LogP contribution in [0, 0.1) is 19.3 Å². The van der Waals surface area contributed by atoms with Crippen LogP contribution < -0.4 is 5.32 Å². The lowest BCUT2D eigenvalue weighted by atomic mass is 9.72. The molecule has 1 N–H and O–H groups in total. The Kier molecular flexibility index (Phi) is 4.13. The van der Waals surface area contributed by atoms with Gasteiger partial charge in [-0.05, 0) is 48.9 Å². The van der Waals surface area contributed by atoms with Gasteiger partial charge in [-0.2, -0.15) is 4.98 Å². The van der Waals surface area contributed by atoms with Crippen LogP contribution >= 0.6 is 0 Å². The first-order chi connectivity index (χ1) is 14.3. The third-order valence-corrected chi connectivity index (χ3v) is 5.98. The summed E-state index contributed by atoms with van der Waals surface area (Å²) in [4.78, 5) is 22.3. The molecule has 0 bridgehead atoms. The van der Waals surface area contributed by atoms with Crippen molar-refractivity contribution in [1.82, 2.24) is 19.7 Å². The van der Waals surface area contributed by atoms with Crippen LogP contribution in [0.1, 0.15) is 49.4 Å². The predicted molar refractivity (Wildman–Crippen MR) is 116 cm³/mol. The fourth-order valence-electron chi connectivity index (χ4n) is 4.57. The number of aryl methyl sites for hydroxylation is 2. The lowest BCUT2D eigenvalue weighted by molar-refractivity contribution is -0.118. The summed E-state index contributed by atoms with van der Waals surface area (Å²) in [7, 11) is 0. The number of ketones is 1. The first-order valence-corrected chi connectivity index (χ1v) is 10.3. The molecule has 0 saturated carbocycles. The number of benzene rings is 1. The minimum absolute atomic E-state index is 0.0799. The number of rotatable bonds is 2. The molecule has 0 spiro atoms. The van der Waals surface area contributed by atoms with E-state index in [4.69, 9.17) is 10.1 Å². The molecule has 0 amide bonds. The molecule has 2 aliphatic rings. The topological polar surface area (TPSA) is 72.7 Å². The summed E-state index contributed by atoms with van der Waals surface area (Å²) in [5, 5.41) is 8.26. The van der Waals surface area contributed by atoms with Crippen LogP contribution in [-0.4, -0.2) is 25.5 Å². The van der Waals surface area contributed by atoms with Gasteiger partial charge in [0.05, 0.1) is 0 Å². The van der Waals surface area contributed by atoms with E-state index >= 15 is 0 Å². The summed E-state index contributed by atoms with van der Waals surface area (Å²) in [6, 6.07) is 9.92. The lowest BCUT2D eigenvalue weighted by Gasteiger charge is -2.38. The Labute approximate surface area is 176 Å². The monoisotopic (exact) mass is 399 g/mol. The second kappa shape index (κ2) is 6.62. The molecule has 6 nitrogen and oxygen atoms in total. The van der Waals surface area contributed by atoms with Gasteiger partial charge in [-0.15, -0.1) is 5.10 Å². The number of fused-ring (bicyclic) bond motifs is 1. The first-order valence-electron chi connectivity index (χ1n) is 10.3. The van der Waals surface area contributed by atoms with Crippen LogP contribution in [0.4, 0.5) is 5.95 Å². The number of allylic oxidation sites excluding steroid dienone is 2. The maximum absolute atomic E-state index is 13.3. The molecular formula is C24H25N5O. The molecule has 0 unspecified atom stereocenters. The van der Waals surface area contributed by atoms with Gasteiger partial charge in [0.2, 0.25) is 5.95 Å². The normalized spacial score (nSPS) is 19.9. The third kappa shape index (κ3) is 3.03. The number of carbonyl (C=O) groups is 1. The second-order valence-electron chi connectivity index (χ2n) is 9.17. The SMILES string of the molecule is Cc1ccc(C)c([C@H]2C3=C(CC(C)(C)CC3=O)Nc3nc(-c4cccnc4)nn32)c1. The molecule has 30 heavy (non-hydrogen) atoms. The van der Waals surface area contributed by atoms with Crippen molar-refractivity contribution in [2.24, 2.45) is 5.41 Å². The van der Waals surface area contributed by atoms with Gasteiger partial charge < -0.3 is 5.32 Å². The number of hydrogen-bond acceptors (Lipinski definition) is 5. The number of nitrogens with one attached hydrogen (secondary N) is 1. The molecule has 5 rings (SSSR count). The molecule has 6 heteroatoms. The Morgan fingerprint density at radius 2 is 2.00 bits per heavy atom. The molecule has 1 aliphatic carbocycles. The second-order valence-corrected chi connectivity index (χ2v) is 9.17. The Balaban J connectivity index is 1.73.